The number of aromatic nitrogens is 6. The lowest BCUT2D eigenvalue weighted by molar-refractivity contribution is 0.218. The molecule has 172 valence electrons. The average molecular weight is 482 g/mol. The number of halogens is 3. The summed E-state index contributed by atoms with van der Waals surface area (Å²) in [6, 6.07) is 5.83. The molecule has 3 heterocycles. The molecule has 11 heteroatoms. The molecular weight excluding hydrogens is 456 g/mol. The Hall–Kier alpha value is -2.39. The van der Waals surface area contributed by atoms with Gasteiger partial charge in [-0.15, -0.1) is 5.10 Å². The molecule has 0 amide bonds. The lowest BCUT2D eigenvalue weighted by Crippen LogP contribution is -2.38. The van der Waals surface area contributed by atoms with Crippen molar-refractivity contribution in [1.29, 1.82) is 0 Å². The molecule has 4 rings (SSSR count). The van der Waals surface area contributed by atoms with Crippen molar-refractivity contribution < 1.29 is 9.13 Å². The van der Waals surface area contributed by atoms with E-state index in [1.165, 1.54) is 0 Å². The van der Waals surface area contributed by atoms with Gasteiger partial charge in [-0.2, -0.15) is 5.10 Å². The Morgan fingerprint density at radius 1 is 1.22 bits per heavy atom. The first kappa shape index (κ1) is 22.8. The first-order chi connectivity index (χ1) is 15.4. The van der Waals surface area contributed by atoms with E-state index >= 15 is 0 Å². The van der Waals surface area contributed by atoms with Crippen molar-refractivity contribution in [2.75, 3.05) is 25.1 Å². The van der Waals surface area contributed by atoms with Crippen LogP contribution in [0.15, 0.2) is 18.2 Å². The second-order valence-electron chi connectivity index (χ2n) is 8.04. The Labute approximate surface area is 196 Å². The number of nitrogens with zero attached hydrogens (tertiary/aromatic N) is 7. The highest BCUT2D eigenvalue weighted by Crippen LogP contribution is 2.35. The smallest absolute Gasteiger partial charge is 0.148 e. The van der Waals surface area contributed by atoms with Crippen LogP contribution in [0.3, 0.4) is 0 Å². The predicted octanol–water partition coefficient (Wildman–Crippen LogP) is 4.43. The monoisotopic (exact) mass is 481 g/mol. The van der Waals surface area contributed by atoms with Crippen LogP contribution in [-0.2, 0) is 13.2 Å². The van der Waals surface area contributed by atoms with Gasteiger partial charge in [0, 0.05) is 24.8 Å². The standard InChI is InChI=1S/C21H26Cl2FN7O/c1-13-21(23)18(11-24)26-30(13)12-19(31-14(2)25-27-28-31)15-6-8-29(9-7-15)16-4-5-17(22)20(10-16)32-3/h4-5,10,15,19H,6-9,11-12H2,1-3H3. The third-order valence-electron chi connectivity index (χ3n) is 6.24. The molecule has 0 N–H and O–H groups in total. The van der Waals surface area contributed by atoms with Crippen LogP contribution in [0.25, 0.3) is 0 Å². The fourth-order valence-electron chi connectivity index (χ4n) is 4.39. The van der Waals surface area contributed by atoms with Gasteiger partial charge >= 0.3 is 0 Å². The van der Waals surface area contributed by atoms with Gasteiger partial charge < -0.3 is 9.64 Å². The summed E-state index contributed by atoms with van der Waals surface area (Å²) in [6.45, 7) is 5.33. The summed E-state index contributed by atoms with van der Waals surface area (Å²) in [4.78, 5) is 2.33. The maximum Gasteiger partial charge on any atom is 0.148 e. The second kappa shape index (κ2) is 9.62. The van der Waals surface area contributed by atoms with E-state index in [0.717, 1.165) is 43.1 Å². The van der Waals surface area contributed by atoms with Crippen LogP contribution in [0.1, 0.15) is 36.1 Å². The molecule has 0 spiro atoms. The molecule has 32 heavy (non-hydrogen) atoms. The molecule has 1 aliphatic rings. The first-order valence-corrected chi connectivity index (χ1v) is 11.3. The van der Waals surface area contributed by atoms with Crippen molar-refractivity contribution in [2.24, 2.45) is 5.92 Å². The van der Waals surface area contributed by atoms with Crippen LogP contribution in [0.4, 0.5) is 10.1 Å². The predicted molar refractivity (Wildman–Crippen MR) is 121 cm³/mol. The number of ether oxygens (including phenoxy) is 1. The summed E-state index contributed by atoms with van der Waals surface area (Å²) in [6.07, 6.45) is 1.89. The van der Waals surface area contributed by atoms with Gasteiger partial charge in [-0.25, -0.2) is 9.07 Å². The highest BCUT2D eigenvalue weighted by atomic mass is 35.5. The number of hydrogen-bond acceptors (Lipinski definition) is 6. The van der Waals surface area contributed by atoms with Crippen molar-refractivity contribution in [3.05, 3.63) is 45.5 Å². The number of piperidine rings is 1. The summed E-state index contributed by atoms with van der Waals surface area (Å²) in [7, 11) is 1.62. The minimum Gasteiger partial charge on any atom is -0.495 e. The molecule has 8 nitrogen and oxygen atoms in total. The molecule has 0 bridgehead atoms. The molecule has 2 aromatic heterocycles. The largest absolute Gasteiger partial charge is 0.495 e. The molecule has 0 saturated carbocycles. The molecular formula is C21H26Cl2FN7O. The van der Waals surface area contributed by atoms with Crippen LogP contribution < -0.4 is 9.64 Å². The zero-order valence-corrected chi connectivity index (χ0v) is 19.8. The Bertz CT molecular complexity index is 1080. The van der Waals surface area contributed by atoms with Gasteiger partial charge in [-0.1, -0.05) is 23.2 Å². The molecule has 1 fully saturated rings. The zero-order valence-electron chi connectivity index (χ0n) is 18.3. The van der Waals surface area contributed by atoms with E-state index in [-0.39, 0.29) is 11.7 Å². The van der Waals surface area contributed by atoms with Crippen LogP contribution in [0.2, 0.25) is 10.0 Å². The molecule has 1 unspecified atom stereocenters. The quantitative estimate of drug-likeness (QED) is 0.496. The van der Waals surface area contributed by atoms with E-state index in [4.69, 9.17) is 27.9 Å². The zero-order chi connectivity index (χ0) is 22.8. The van der Waals surface area contributed by atoms with Crippen LogP contribution in [0.5, 0.6) is 5.75 Å². The van der Waals surface area contributed by atoms with E-state index in [1.807, 2.05) is 36.7 Å². The van der Waals surface area contributed by atoms with Crippen molar-refractivity contribution in [1.82, 2.24) is 30.0 Å². The van der Waals surface area contributed by atoms with Crippen molar-refractivity contribution in [3.63, 3.8) is 0 Å². The molecule has 1 saturated heterocycles. The number of aryl methyl sites for hydroxylation is 1. The minimum atomic E-state index is -0.690. The van der Waals surface area contributed by atoms with Gasteiger partial charge in [0.05, 0.1) is 35.4 Å². The van der Waals surface area contributed by atoms with Crippen LogP contribution in [-0.4, -0.2) is 50.2 Å². The number of alkyl halides is 1. The summed E-state index contributed by atoms with van der Waals surface area (Å²) in [5.41, 5.74) is 2.10. The van der Waals surface area contributed by atoms with E-state index in [1.54, 1.807) is 11.8 Å². The number of methoxy groups -OCH3 is 1. The normalized spacial score (nSPS) is 15.9. The maximum absolute atomic E-state index is 13.3. The number of rotatable bonds is 7. The summed E-state index contributed by atoms with van der Waals surface area (Å²) in [5.74, 6) is 1.73. The van der Waals surface area contributed by atoms with Gasteiger partial charge in [-0.05, 0) is 55.2 Å². The van der Waals surface area contributed by atoms with Gasteiger partial charge in [0.15, 0.2) is 0 Å². The summed E-state index contributed by atoms with van der Waals surface area (Å²) < 4.78 is 22.3. The Balaban J connectivity index is 1.54. The minimum absolute atomic E-state index is 0.0194. The fourth-order valence-corrected chi connectivity index (χ4v) is 4.77. The lowest BCUT2D eigenvalue weighted by atomic mass is 9.89. The highest BCUT2D eigenvalue weighted by Gasteiger charge is 2.31. The fraction of sp³-hybridized carbons (Fsp3) is 0.524. The van der Waals surface area contributed by atoms with Gasteiger partial charge in [0.2, 0.25) is 0 Å². The Morgan fingerprint density at radius 2 is 1.97 bits per heavy atom. The average Bonchev–Trinajstić information content (AvgIpc) is 3.35. The molecule has 1 atom stereocenters. The van der Waals surface area contributed by atoms with Crippen molar-refractivity contribution in [3.8, 4) is 5.75 Å². The Morgan fingerprint density at radius 3 is 2.56 bits per heavy atom. The molecule has 0 radical (unpaired) electrons. The second-order valence-corrected chi connectivity index (χ2v) is 8.83. The molecule has 0 aliphatic carbocycles. The van der Waals surface area contributed by atoms with E-state index in [0.29, 0.717) is 28.3 Å². The Kier molecular flexibility index (Phi) is 6.85. The van der Waals surface area contributed by atoms with Gasteiger partial charge in [0.25, 0.3) is 0 Å². The van der Waals surface area contributed by atoms with Crippen molar-refractivity contribution in [2.45, 2.75) is 46.0 Å². The SMILES string of the molecule is COc1cc(N2CCC(C(Cn3nc(CF)c(Cl)c3C)n3nnnc3C)CC2)ccc1Cl. The van der Waals surface area contributed by atoms with Crippen LogP contribution >= 0.6 is 23.2 Å². The van der Waals surface area contributed by atoms with Gasteiger partial charge in [-0.3, -0.25) is 4.68 Å². The molecule has 3 aromatic rings. The lowest BCUT2D eigenvalue weighted by Gasteiger charge is -2.37. The van der Waals surface area contributed by atoms with Crippen LogP contribution in [0, 0.1) is 19.8 Å². The van der Waals surface area contributed by atoms with E-state index in [9.17, 15) is 4.39 Å². The number of benzene rings is 1. The third-order valence-corrected chi connectivity index (χ3v) is 7.05. The number of anilines is 1. The maximum atomic E-state index is 13.3. The van der Waals surface area contributed by atoms with Crippen molar-refractivity contribution >= 4 is 28.9 Å². The van der Waals surface area contributed by atoms with E-state index in [2.05, 4.69) is 25.5 Å². The topological polar surface area (TPSA) is 73.9 Å². The first-order valence-electron chi connectivity index (χ1n) is 10.5. The van der Waals surface area contributed by atoms with E-state index < -0.39 is 6.67 Å². The summed E-state index contributed by atoms with van der Waals surface area (Å²) in [5, 5.41) is 17.5. The summed E-state index contributed by atoms with van der Waals surface area (Å²) >= 11 is 12.4. The number of tetrazole rings is 1. The highest BCUT2D eigenvalue weighted by molar-refractivity contribution is 6.32. The third kappa shape index (κ3) is 4.41. The molecule has 1 aromatic carbocycles. The molecule has 1 aliphatic heterocycles. The van der Waals surface area contributed by atoms with Gasteiger partial charge in [0.1, 0.15) is 23.9 Å². The number of hydrogen-bond donors (Lipinski definition) is 0.